The molecule has 25 heavy (non-hydrogen) atoms. The maximum atomic E-state index is 10.4. The van der Waals surface area contributed by atoms with Crippen LogP contribution in [0.5, 0.6) is 0 Å². The summed E-state index contributed by atoms with van der Waals surface area (Å²) in [5, 5.41) is 25.0. The van der Waals surface area contributed by atoms with Crippen LogP contribution in [-0.4, -0.2) is 49.6 Å². The molecule has 0 unspecified atom stereocenters. The van der Waals surface area contributed by atoms with E-state index in [4.69, 9.17) is 0 Å². The van der Waals surface area contributed by atoms with Crippen molar-refractivity contribution in [2.45, 2.75) is 26.0 Å². The minimum atomic E-state index is -0.316. The molecule has 0 bridgehead atoms. The Morgan fingerprint density at radius 1 is 1.20 bits per heavy atom. The van der Waals surface area contributed by atoms with Gasteiger partial charge in [-0.25, -0.2) is 0 Å². The van der Waals surface area contributed by atoms with E-state index < -0.39 is 0 Å². The van der Waals surface area contributed by atoms with Crippen LogP contribution < -0.4 is 0 Å². The Labute approximate surface area is 146 Å². The molecule has 0 aliphatic carbocycles. The van der Waals surface area contributed by atoms with E-state index in [1.165, 1.54) is 0 Å². The van der Waals surface area contributed by atoms with Crippen LogP contribution in [-0.2, 0) is 13.0 Å². The standard InChI is InChI=1S/C19H23N5O/c1-13-7-17(22-21-13)8-15-10-24(12-18(15)25)11-16-9-20-23-19(16)14-5-3-2-4-6-14/h2-7,9,15,18,25H,8,10-12H2,1H3,(H,20,23)(H,21,22)/t15-,18-/m1/s1. The fourth-order valence-electron chi connectivity index (χ4n) is 3.65. The highest BCUT2D eigenvalue weighted by Gasteiger charge is 2.32. The van der Waals surface area contributed by atoms with Gasteiger partial charge >= 0.3 is 0 Å². The molecule has 1 aliphatic rings. The lowest BCUT2D eigenvalue weighted by molar-refractivity contribution is 0.140. The van der Waals surface area contributed by atoms with Crippen molar-refractivity contribution in [3.05, 3.63) is 59.5 Å². The van der Waals surface area contributed by atoms with Crippen LogP contribution in [0.25, 0.3) is 11.3 Å². The smallest absolute Gasteiger partial charge is 0.0711 e. The number of aliphatic hydroxyl groups excluding tert-OH is 1. The molecule has 0 spiro atoms. The molecule has 4 rings (SSSR count). The molecule has 3 N–H and O–H groups in total. The third-order valence-electron chi connectivity index (χ3n) is 4.89. The first-order chi connectivity index (χ1) is 12.2. The number of likely N-dealkylation sites (tertiary alicyclic amines) is 1. The van der Waals surface area contributed by atoms with Gasteiger partial charge in [-0.05, 0) is 25.0 Å². The number of hydrogen-bond acceptors (Lipinski definition) is 4. The van der Waals surface area contributed by atoms with Crippen LogP contribution in [0.3, 0.4) is 0 Å². The van der Waals surface area contributed by atoms with Gasteiger partial charge in [0.1, 0.15) is 0 Å². The Balaban J connectivity index is 1.44. The first-order valence-corrected chi connectivity index (χ1v) is 8.68. The molecule has 3 aromatic rings. The number of rotatable bonds is 5. The second-order valence-corrected chi connectivity index (χ2v) is 6.90. The predicted molar refractivity (Wildman–Crippen MR) is 95.8 cm³/mol. The first-order valence-electron chi connectivity index (χ1n) is 8.68. The summed E-state index contributed by atoms with van der Waals surface area (Å²) in [5.41, 5.74) is 5.44. The summed E-state index contributed by atoms with van der Waals surface area (Å²) >= 11 is 0. The zero-order valence-electron chi connectivity index (χ0n) is 14.3. The highest BCUT2D eigenvalue weighted by Crippen LogP contribution is 2.26. The number of aromatic amines is 2. The lowest BCUT2D eigenvalue weighted by Gasteiger charge is -2.15. The summed E-state index contributed by atoms with van der Waals surface area (Å²) in [6.07, 6.45) is 2.38. The van der Waals surface area contributed by atoms with E-state index in [1.54, 1.807) is 0 Å². The van der Waals surface area contributed by atoms with Crippen molar-refractivity contribution in [3.8, 4) is 11.3 Å². The zero-order valence-corrected chi connectivity index (χ0v) is 14.3. The van der Waals surface area contributed by atoms with Gasteiger partial charge in [-0.3, -0.25) is 15.1 Å². The fourth-order valence-corrected chi connectivity index (χ4v) is 3.65. The van der Waals surface area contributed by atoms with Gasteiger partial charge in [-0.15, -0.1) is 0 Å². The van der Waals surface area contributed by atoms with Crippen molar-refractivity contribution in [1.29, 1.82) is 0 Å². The van der Waals surface area contributed by atoms with Crippen LogP contribution in [0, 0.1) is 12.8 Å². The summed E-state index contributed by atoms with van der Waals surface area (Å²) in [7, 11) is 0. The maximum absolute atomic E-state index is 10.4. The van der Waals surface area contributed by atoms with Crippen LogP contribution in [0.4, 0.5) is 0 Å². The number of aliphatic hydroxyl groups is 1. The van der Waals surface area contributed by atoms with E-state index in [0.29, 0.717) is 6.54 Å². The summed E-state index contributed by atoms with van der Waals surface area (Å²) in [4.78, 5) is 2.30. The third-order valence-corrected chi connectivity index (χ3v) is 4.89. The molecule has 1 fully saturated rings. The van der Waals surface area contributed by atoms with Crippen molar-refractivity contribution in [3.63, 3.8) is 0 Å². The van der Waals surface area contributed by atoms with Gasteiger partial charge in [0.05, 0.1) is 23.7 Å². The van der Waals surface area contributed by atoms with E-state index in [1.807, 2.05) is 31.3 Å². The molecule has 130 valence electrons. The van der Waals surface area contributed by atoms with Gasteiger partial charge < -0.3 is 5.11 Å². The van der Waals surface area contributed by atoms with Gasteiger partial charge in [0.15, 0.2) is 0 Å². The van der Waals surface area contributed by atoms with Crippen LogP contribution in [0.2, 0.25) is 0 Å². The van der Waals surface area contributed by atoms with E-state index in [2.05, 4.69) is 43.5 Å². The Bertz CT molecular complexity index is 825. The molecule has 6 nitrogen and oxygen atoms in total. The minimum Gasteiger partial charge on any atom is -0.391 e. The number of aryl methyl sites for hydroxylation is 1. The second-order valence-electron chi connectivity index (χ2n) is 6.90. The summed E-state index contributed by atoms with van der Waals surface area (Å²) in [5.74, 6) is 0.217. The van der Waals surface area contributed by atoms with E-state index >= 15 is 0 Å². The number of H-pyrrole nitrogens is 2. The Hall–Kier alpha value is -2.44. The molecule has 0 saturated carbocycles. The molecule has 0 radical (unpaired) electrons. The lowest BCUT2D eigenvalue weighted by atomic mass is 10.0. The van der Waals surface area contributed by atoms with E-state index in [-0.39, 0.29) is 12.0 Å². The predicted octanol–water partition coefficient (Wildman–Crippen LogP) is 2.14. The van der Waals surface area contributed by atoms with Gasteiger partial charge in [0.25, 0.3) is 0 Å². The van der Waals surface area contributed by atoms with E-state index in [0.717, 1.165) is 47.7 Å². The van der Waals surface area contributed by atoms with Crippen LogP contribution in [0.15, 0.2) is 42.6 Å². The summed E-state index contributed by atoms with van der Waals surface area (Å²) < 4.78 is 0. The van der Waals surface area contributed by atoms with Crippen molar-refractivity contribution < 1.29 is 5.11 Å². The first kappa shape index (κ1) is 16.1. The number of β-amino-alcohol motifs (C(OH)–C–C–N with tert-alkyl or cyclic N) is 1. The molecule has 1 aromatic carbocycles. The maximum Gasteiger partial charge on any atom is 0.0711 e. The molecule has 1 saturated heterocycles. The van der Waals surface area contributed by atoms with Gasteiger partial charge in [-0.2, -0.15) is 10.2 Å². The average Bonchev–Trinajstić information content (AvgIpc) is 3.31. The second kappa shape index (κ2) is 6.82. The van der Waals surface area contributed by atoms with Crippen LogP contribution >= 0.6 is 0 Å². The van der Waals surface area contributed by atoms with Crippen molar-refractivity contribution >= 4 is 0 Å². The number of nitrogens with zero attached hydrogens (tertiary/aromatic N) is 3. The molecular weight excluding hydrogens is 314 g/mol. The largest absolute Gasteiger partial charge is 0.391 e. The minimum absolute atomic E-state index is 0.217. The fraction of sp³-hybridized carbons (Fsp3) is 0.368. The molecule has 3 heterocycles. The Morgan fingerprint density at radius 2 is 2.04 bits per heavy atom. The molecule has 6 heteroatoms. The molecule has 1 aliphatic heterocycles. The van der Waals surface area contributed by atoms with E-state index in [9.17, 15) is 5.11 Å². The number of benzene rings is 1. The topological polar surface area (TPSA) is 80.8 Å². The Morgan fingerprint density at radius 3 is 2.80 bits per heavy atom. The number of nitrogens with one attached hydrogen (secondary N) is 2. The average molecular weight is 337 g/mol. The van der Waals surface area contributed by atoms with Crippen LogP contribution in [0.1, 0.15) is 17.0 Å². The normalized spacial score (nSPS) is 21.0. The number of hydrogen-bond donors (Lipinski definition) is 3. The summed E-state index contributed by atoms with van der Waals surface area (Å²) in [6.45, 7) is 4.34. The zero-order chi connectivity index (χ0) is 17.2. The van der Waals surface area contributed by atoms with Gasteiger partial charge in [0.2, 0.25) is 0 Å². The van der Waals surface area contributed by atoms with Crippen molar-refractivity contribution in [1.82, 2.24) is 25.3 Å². The Kier molecular flexibility index (Phi) is 4.38. The monoisotopic (exact) mass is 337 g/mol. The molecular formula is C19H23N5O. The molecule has 2 atom stereocenters. The van der Waals surface area contributed by atoms with Gasteiger partial charge in [0, 0.05) is 36.8 Å². The number of aromatic nitrogens is 4. The van der Waals surface area contributed by atoms with Crippen molar-refractivity contribution in [2.75, 3.05) is 13.1 Å². The summed E-state index contributed by atoms with van der Waals surface area (Å²) in [6, 6.07) is 12.3. The van der Waals surface area contributed by atoms with Gasteiger partial charge in [-0.1, -0.05) is 30.3 Å². The highest BCUT2D eigenvalue weighted by molar-refractivity contribution is 5.62. The van der Waals surface area contributed by atoms with Crippen molar-refractivity contribution in [2.24, 2.45) is 5.92 Å². The highest BCUT2D eigenvalue weighted by atomic mass is 16.3. The quantitative estimate of drug-likeness (QED) is 0.666. The SMILES string of the molecule is Cc1cc(C[C@@H]2CN(Cc3cn[nH]c3-c3ccccc3)C[C@H]2O)n[nH]1. The molecule has 2 aromatic heterocycles. The third kappa shape index (κ3) is 3.50. The molecule has 0 amide bonds. The lowest BCUT2D eigenvalue weighted by Crippen LogP contribution is -2.21.